The van der Waals surface area contributed by atoms with E-state index in [-0.39, 0.29) is 12.1 Å². The van der Waals surface area contributed by atoms with Crippen molar-refractivity contribution in [2.24, 2.45) is 7.05 Å². The number of rotatable bonds is 6. The summed E-state index contributed by atoms with van der Waals surface area (Å²) in [7, 11) is 1.52. The molecule has 144 valence electrons. The lowest BCUT2D eigenvalue weighted by Gasteiger charge is -2.09. The van der Waals surface area contributed by atoms with E-state index >= 15 is 0 Å². The Morgan fingerprint density at radius 2 is 1.81 bits per heavy atom. The summed E-state index contributed by atoms with van der Waals surface area (Å²) in [5.41, 5.74) is 0.444. The molecule has 0 aliphatic carbocycles. The molecule has 1 aromatic carbocycles. The number of nitrogens with zero attached hydrogens (tertiary/aromatic N) is 1. The van der Waals surface area contributed by atoms with Crippen LogP contribution in [0.25, 0.3) is 5.57 Å². The van der Waals surface area contributed by atoms with E-state index in [4.69, 9.17) is 0 Å². The molecule has 0 amide bonds. The van der Waals surface area contributed by atoms with Gasteiger partial charge in [0.05, 0.1) is 5.56 Å². The topological polar surface area (TPSA) is 17.0 Å². The normalized spacial score (nSPS) is 12.6. The molecule has 0 aliphatic heterocycles. The van der Waals surface area contributed by atoms with Gasteiger partial charge in [0.1, 0.15) is 11.6 Å². The number of nitrogens with one attached hydrogen (secondary N) is 1. The average molecular weight is 382 g/mol. The maximum atomic E-state index is 13.6. The van der Waals surface area contributed by atoms with E-state index in [1.807, 2.05) is 0 Å². The molecule has 1 aromatic heterocycles. The quantitative estimate of drug-likeness (QED) is 0.509. The molecule has 0 spiro atoms. The van der Waals surface area contributed by atoms with Gasteiger partial charge in [0, 0.05) is 36.7 Å². The van der Waals surface area contributed by atoms with Crippen LogP contribution in [0.5, 0.6) is 0 Å². The van der Waals surface area contributed by atoms with Gasteiger partial charge in [0.15, 0.2) is 0 Å². The van der Waals surface area contributed by atoms with Gasteiger partial charge in [-0.3, -0.25) is 0 Å². The number of alkyl halides is 3. The van der Waals surface area contributed by atoms with Crippen LogP contribution >= 0.6 is 0 Å². The molecule has 2 nitrogen and oxygen atoms in total. The van der Waals surface area contributed by atoms with Crippen LogP contribution in [0.4, 0.5) is 22.0 Å². The van der Waals surface area contributed by atoms with E-state index in [1.54, 1.807) is 19.1 Å². The molecular formula is C20H19F5N2. The summed E-state index contributed by atoms with van der Waals surface area (Å²) in [6, 6.07) is 4.65. The molecular weight excluding hydrogens is 363 g/mol. The number of aryl methyl sites for hydroxylation is 1. The highest BCUT2D eigenvalue weighted by Crippen LogP contribution is 2.32. The first kappa shape index (κ1) is 20.5. The van der Waals surface area contributed by atoms with Crippen LogP contribution in [-0.2, 0) is 19.8 Å². The van der Waals surface area contributed by atoms with Gasteiger partial charge in [-0.2, -0.15) is 13.2 Å². The summed E-state index contributed by atoms with van der Waals surface area (Å²) in [6.45, 7) is 5.34. The largest absolute Gasteiger partial charge is 0.417 e. The molecule has 1 N–H and O–H groups in total. The second-order valence-corrected chi connectivity index (χ2v) is 5.88. The molecule has 7 heteroatoms. The van der Waals surface area contributed by atoms with Gasteiger partial charge in [-0.25, -0.2) is 8.78 Å². The zero-order chi connectivity index (χ0) is 20.2. The monoisotopic (exact) mass is 382 g/mol. The standard InChI is InChI=1S/C20H19F5N2/c1-4-14(19-10-15(12-27(19)3)20(23,24)25)9-8-13(2)26-11-16-17(21)6-5-7-18(16)22/h4-10,12,26H,2,11H2,1,3H3/b9-8-,14-4+. The second-order valence-electron chi connectivity index (χ2n) is 5.88. The van der Waals surface area contributed by atoms with Gasteiger partial charge in [0.2, 0.25) is 0 Å². The Labute approximate surface area is 154 Å². The summed E-state index contributed by atoms with van der Waals surface area (Å²) in [4.78, 5) is 0. The Kier molecular flexibility index (Phi) is 6.25. The number of hydrogen-bond acceptors (Lipinski definition) is 1. The lowest BCUT2D eigenvalue weighted by molar-refractivity contribution is -0.137. The van der Waals surface area contributed by atoms with Crippen molar-refractivity contribution in [1.82, 2.24) is 9.88 Å². The van der Waals surface area contributed by atoms with Crippen molar-refractivity contribution in [2.45, 2.75) is 19.6 Å². The maximum absolute atomic E-state index is 13.6. The summed E-state index contributed by atoms with van der Waals surface area (Å²) in [5.74, 6) is -1.34. The minimum atomic E-state index is -4.42. The highest BCUT2D eigenvalue weighted by molar-refractivity contribution is 5.73. The van der Waals surface area contributed by atoms with E-state index in [1.165, 1.54) is 23.8 Å². The Hall–Kier alpha value is -2.83. The predicted molar refractivity (Wildman–Crippen MR) is 95.5 cm³/mol. The van der Waals surface area contributed by atoms with E-state index in [0.29, 0.717) is 17.0 Å². The third-order valence-corrected chi connectivity index (χ3v) is 3.96. The minimum absolute atomic E-state index is 0.102. The third-order valence-electron chi connectivity index (χ3n) is 3.96. The molecule has 0 atom stereocenters. The maximum Gasteiger partial charge on any atom is 0.417 e. The molecule has 0 saturated heterocycles. The van der Waals surface area contributed by atoms with Crippen molar-refractivity contribution in [2.75, 3.05) is 0 Å². The van der Waals surface area contributed by atoms with Gasteiger partial charge in [0.25, 0.3) is 0 Å². The number of aromatic nitrogens is 1. The molecule has 0 bridgehead atoms. The first-order chi connectivity index (χ1) is 12.6. The number of halogens is 5. The van der Waals surface area contributed by atoms with Crippen LogP contribution in [0.2, 0.25) is 0 Å². The summed E-state index contributed by atoms with van der Waals surface area (Å²) in [6.07, 6.45) is 1.38. The fraction of sp³-hybridized carbons (Fsp3) is 0.200. The van der Waals surface area contributed by atoms with Crippen LogP contribution in [0.15, 0.2) is 61.0 Å². The van der Waals surface area contributed by atoms with Crippen molar-refractivity contribution in [3.05, 3.63) is 89.4 Å². The van der Waals surface area contributed by atoms with Crippen LogP contribution in [0, 0.1) is 11.6 Å². The molecule has 0 unspecified atom stereocenters. The fourth-order valence-electron chi connectivity index (χ4n) is 2.49. The number of hydrogen-bond donors (Lipinski definition) is 1. The second kappa shape index (κ2) is 8.24. The number of allylic oxidation sites excluding steroid dienone is 4. The van der Waals surface area contributed by atoms with Crippen LogP contribution < -0.4 is 5.32 Å². The van der Waals surface area contributed by atoms with Crippen molar-refractivity contribution in [3.63, 3.8) is 0 Å². The lowest BCUT2D eigenvalue weighted by Crippen LogP contribution is -2.13. The molecule has 0 saturated carbocycles. The van der Waals surface area contributed by atoms with Crippen LogP contribution in [0.3, 0.4) is 0 Å². The predicted octanol–water partition coefficient (Wildman–Crippen LogP) is 5.59. The zero-order valence-corrected chi connectivity index (χ0v) is 14.9. The SMILES string of the molecule is C=C(/C=C\C(=C/C)c1cc(C(F)(F)F)cn1C)NCc1c(F)cccc1F. The van der Waals surface area contributed by atoms with Gasteiger partial charge >= 0.3 is 6.18 Å². The van der Waals surface area contributed by atoms with Crippen LogP contribution in [-0.4, -0.2) is 4.57 Å². The van der Waals surface area contributed by atoms with E-state index < -0.39 is 23.4 Å². The van der Waals surface area contributed by atoms with Crippen molar-refractivity contribution < 1.29 is 22.0 Å². The third kappa shape index (κ3) is 5.09. The lowest BCUT2D eigenvalue weighted by atomic mass is 10.1. The molecule has 1 heterocycles. The van der Waals surface area contributed by atoms with Crippen molar-refractivity contribution in [1.29, 1.82) is 0 Å². The van der Waals surface area contributed by atoms with Crippen LogP contribution in [0.1, 0.15) is 23.7 Å². The van der Waals surface area contributed by atoms with Crippen molar-refractivity contribution in [3.8, 4) is 0 Å². The molecule has 27 heavy (non-hydrogen) atoms. The molecule has 0 fully saturated rings. The molecule has 0 aliphatic rings. The van der Waals surface area contributed by atoms with E-state index in [9.17, 15) is 22.0 Å². The molecule has 0 radical (unpaired) electrons. The van der Waals surface area contributed by atoms with Gasteiger partial charge in [-0.15, -0.1) is 0 Å². The highest BCUT2D eigenvalue weighted by atomic mass is 19.4. The van der Waals surface area contributed by atoms with E-state index in [0.717, 1.165) is 24.4 Å². The zero-order valence-electron chi connectivity index (χ0n) is 14.9. The summed E-state index contributed by atoms with van der Waals surface area (Å²) < 4.78 is 67.1. The summed E-state index contributed by atoms with van der Waals surface area (Å²) in [5, 5.41) is 2.78. The Bertz CT molecular complexity index is 868. The molecule has 2 rings (SSSR count). The van der Waals surface area contributed by atoms with Gasteiger partial charge in [-0.1, -0.05) is 24.8 Å². The fourth-order valence-corrected chi connectivity index (χ4v) is 2.49. The Morgan fingerprint density at radius 1 is 1.19 bits per heavy atom. The Morgan fingerprint density at radius 3 is 2.33 bits per heavy atom. The molecule has 2 aromatic rings. The average Bonchev–Trinajstić information content (AvgIpc) is 2.97. The highest BCUT2D eigenvalue weighted by Gasteiger charge is 2.32. The summed E-state index contributed by atoms with van der Waals surface area (Å²) >= 11 is 0. The first-order valence-corrected chi connectivity index (χ1v) is 8.07. The smallest absolute Gasteiger partial charge is 0.381 e. The first-order valence-electron chi connectivity index (χ1n) is 8.07. The van der Waals surface area contributed by atoms with Gasteiger partial charge < -0.3 is 9.88 Å². The van der Waals surface area contributed by atoms with E-state index in [2.05, 4.69) is 11.9 Å². The van der Waals surface area contributed by atoms with Crippen molar-refractivity contribution >= 4 is 5.57 Å². The minimum Gasteiger partial charge on any atom is -0.381 e. The van der Waals surface area contributed by atoms with Gasteiger partial charge in [-0.05, 0) is 36.8 Å². The number of benzene rings is 1. The Balaban J connectivity index is 2.09.